The van der Waals surface area contributed by atoms with Crippen LogP contribution in [0.15, 0.2) is 66.4 Å². The SMILES string of the molecule is CCCNC(=O)/C(=C/c1ccc(N(C)C)cc1)NC(=O)/C=C\c1ccccc1. The Balaban J connectivity index is 2.17. The number of hydrogen-bond acceptors (Lipinski definition) is 3. The zero-order chi connectivity index (χ0) is 20.4. The molecule has 0 saturated carbocycles. The molecule has 0 saturated heterocycles. The van der Waals surface area contributed by atoms with E-state index >= 15 is 0 Å². The van der Waals surface area contributed by atoms with E-state index in [1.807, 2.05) is 80.5 Å². The van der Waals surface area contributed by atoms with Crippen molar-refractivity contribution in [2.75, 3.05) is 25.5 Å². The van der Waals surface area contributed by atoms with Crippen LogP contribution in [0.1, 0.15) is 24.5 Å². The van der Waals surface area contributed by atoms with E-state index in [-0.39, 0.29) is 17.5 Å². The first-order valence-corrected chi connectivity index (χ1v) is 9.31. The van der Waals surface area contributed by atoms with Crippen LogP contribution >= 0.6 is 0 Å². The fourth-order valence-corrected chi connectivity index (χ4v) is 2.44. The molecule has 28 heavy (non-hydrogen) atoms. The lowest BCUT2D eigenvalue weighted by molar-refractivity contribution is -0.121. The maximum absolute atomic E-state index is 12.5. The van der Waals surface area contributed by atoms with Gasteiger partial charge in [0.25, 0.3) is 5.91 Å². The van der Waals surface area contributed by atoms with Crippen molar-refractivity contribution < 1.29 is 9.59 Å². The number of rotatable bonds is 8. The van der Waals surface area contributed by atoms with E-state index in [9.17, 15) is 9.59 Å². The van der Waals surface area contributed by atoms with E-state index in [2.05, 4.69) is 10.6 Å². The van der Waals surface area contributed by atoms with Crippen LogP contribution in [0.25, 0.3) is 12.2 Å². The van der Waals surface area contributed by atoms with Gasteiger partial charge in [-0.05, 0) is 41.8 Å². The molecule has 0 aliphatic heterocycles. The summed E-state index contributed by atoms with van der Waals surface area (Å²) in [4.78, 5) is 26.8. The van der Waals surface area contributed by atoms with Gasteiger partial charge in [-0.15, -0.1) is 0 Å². The lowest BCUT2D eigenvalue weighted by Gasteiger charge is -2.12. The van der Waals surface area contributed by atoms with E-state index in [0.29, 0.717) is 6.54 Å². The van der Waals surface area contributed by atoms with Crippen LogP contribution in [0.3, 0.4) is 0 Å². The zero-order valence-corrected chi connectivity index (χ0v) is 16.6. The van der Waals surface area contributed by atoms with Crippen LogP contribution in [0, 0.1) is 0 Å². The average molecular weight is 377 g/mol. The van der Waals surface area contributed by atoms with Crippen LogP contribution in [0.2, 0.25) is 0 Å². The Morgan fingerprint density at radius 1 is 0.964 bits per heavy atom. The van der Waals surface area contributed by atoms with Crippen molar-refractivity contribution in [3.8, 4) is 0 Å². The Morgan fingerprint density at radius 2 is 1.64 bits per heavy atom. The van der Waals surface area contributed by atoms with Gasteiger partial charge in [0.15, 0.2) is 0 Å². The highest BCUT2D eigenvalue weighted by Crippen LogP contribution is 2.14. The van der Waals surface area contributed by atoms with E-state index < -0.39 is 0 Å². The number of nitrogens with zero attached hydrogens (tertiary/aromatic N) is 1. The van der Waals surface area contributed by atoms with Gasteiger partial charge in [-0.25, -0.2) is 0 Å². The molecule has 0 unspecified atom stereocenters. The maximum atomic E-state index is 12.5. The molecule has 0 spiro atoms. The van der Waals surface area contributed by atoms with E-state index in [1.165, 1.54) is 6.08 Å². The monoisotopic (exact) mass is 377 g/mol. The Labute approximate surface area is 166 Å². The Bertz CT molecular complexity index is 838. The zero-order valence-electron chi connectivity index (χ0n) is 16.6. The van der Waals surface area contributed by atoms with Gasteiger partial charge in [0, 0.05) is 32.4 Å². The van der Waals surface area contributed by atoms with Crippen molar-refractivity contribution in [1.82, 2.24) is 10.6 Å². The smallest absolute Gasteiger partial charge is 0.267 e. The molecule has 0 aliphatic carbocycles. The third-order valence-electron chi connectivity index (χ3n) is 3.99. The number of anilines is 1. The van der Waals surface area contributed by atoms with Gasteiger partial charge in [0.1, 0.15) is 5.70 Å². The molecule has 5 nitrogen and oxygen atoms in total. The minimum atomic E-state index is -0.355. The second-order valence-corrected chi connectivity index (χ2v) is 6.53. The predicted molar refractivity (Wildman–Crippen MR) is 116 cm³/mol. The Hall–Kier alpha value is -3.34. The Morgan fingerprint density at radius 3 is 2.25 bits per heavy atom. The number of amides is 2. The largest absolute Gasteiger partial charge is 0.378 e. The molecule has 0 radical (unpaired) electrons. The van der Waals surface area contributed by atoms with Crippen molar-refractivity contribution in [2.24, 2.45) is 0 Å². The van der Waals surface area contributed by atoms with Crippen LogP contribution in [0.5, 0.6) is 0 Å². The topological polar surface area (TPSA) is 61.4 Å². The number of nitrogens with one attached hydrogen (secondary N) is 2. The molecule has 2 aromatic carbocycles. The van der Waals surface area contributed by atoms with E-state index in [0.717, 1.165) is 23.2 Å². The number of hydrogen-bond donors (Lipinski definition) is 2. The Kier molecular flexibility index (Phi) is 8.03. The van der Waals surface area contributed by atoms with Crippen molar-refractivity contribution in [1.29, 1.82) is 0 Å². The normalized spacial score (nSPS) is 11.3. The molecule has 0 fully saturated rings. The highest BCUT2D eigenvalue weighted by Gasteiger charge is 2.11. The highest BCUT2D eigenvalue weighted by molar-refractivity contribution is 6.04. The second-order valence-electron chi connectivity index (χ2n) is 6.53. The van der Waals surface area contributed by atoms with Crippen molar-refractivity contribution in [3.05, 3.63) is 77.5 Å². The van der Waals surface area contributed by atoms with Gasteiger partial charge in [0.2, 0.25) is 5.91 Å². The first-order chi connectivity index (χ1) is 13.5. The summed E-state index contributed by atoms with van der Waals surface area (Å²) in [5.41, 5.74) is 3.02. The minimum absolute atomic E-state index is 0.216. The first-order valence-electron chi connectivity index (χ1n) is 9.31. The summed E-state index contributed by atoms with van der Waals surface area (Å²) in [6.45, 7) is 2.52. The standard InChI is InChI=1S/C23H27N3O2/c1-4-16-24-23(28)21(17-19-10-13-20(14-11-19)26(2)3)25-22(27)15-12-18-8-6-5-7-9-18/h5-15,17H,4,16H2,1-3H3,(H,24,28)(H,25,27)/b15-12-,21-17-. The van der Waals surface area contributed by atoms with Gasteiger partial charge in [-0.1, -0.05) is 49.4 Å². The highest BCUT2D eigenvalue weighted by atomic mass is 16.2. The number of carbonyl (C=O) groups excluding carboxylic acids is 2. The predicted octanol–water partition coefficient (Wildman–Crippen LogP) is 3.45. The molecule has 2 amide bonds. The molecule has 0 aromatic heterocycles. The lowest BCUT2D eigenvalue weighted by atomic mass is 10.1. The third kappa shape index (κ3) is 6.76. The van der Waals surface area contributed by atoms with Gasteiger partial charge in [-0.3, -0.25) is 9.59 Å². The molecule has 0 bridgehead atoms. The van der Waals surface area contributed by atoms with Crippen LogP contribution < -0.4 is 15.5 Å². The van der Waals surface area contributed by atoms with E-state index in [4.69, 9.17) is 0 Å². The van der Waals surface area contributed by atoms with Gasteiger partial charge in [0.05, 0.1) is 0 Å². The molecule has 2 N–H and O–H groups in total. The molecule has 2 aromatic rings. The average Bonchev–Trinajstić information content (AvgIpc) is 2.71. The summed E-state index contributed by atoms with van der Waals surface area (Å²) in [6.07, 6.45) is 5.63. The fraction of sp³-hybridized carbons (Fsp3) is 0.217. The van der Waals surface area contributed by atoms with Gasteiger partial charge in [-0.2, -0.15) is 0 Å². The summed E-state index contributed by atoms with van der Waals surface area (Å²) in [7, 11) is 3.93. The van der Waals surface area contributed by atoms with Gasteiger partial charge < -0.3 is 15.5 Å². The van der Waals surface area contributed by atoms with Crippen molar-refractivity contribution >= 4 is 29.7 Å². The molecule has 2 rings (SSSR count). The molecule has 0 heterocycles. The summed E-state index contributed by atoms with van der Waals surface area (Å²) in [5.74, 6) is -0.660. The summed E-state index contributed by atoms with van der Waals surface area (Å²) in [5, 5.41) is 5.50. The molecule has 0 aliphatic rings. The van der Waals surface area contributed by atoms with Crippen LogP contribution in [0.4, 0.5) is 5.69 Å². The second kappa shape index (κ2) is 10.7. The lowest BCUT2D eigenvalue weighted by Crippen LogP contribution is -2.34. The first kappa shape index (κ1) is 21.0. The van der Waals surface area contributed by atoms with E-state index in [1.54, 1.807) is 12.2 Å². The molecule has 146 valence electrons. The molecule has 0 atom stereocenters. The van der Waals surface area contributed by atoms with Crippen LogP contribution in [-0.2, 0) is 9.59 Å². The quantitative estimate of drug-likeness (QED) is 0.693. The molecular weight excluding hydrogens is 350 g/mol. The molecule has 5 heteroatoms. The summed E-state index contributed by atoms with van der Waals surface area (Å²) in [6, 6.07) is 17.3. The third-order valence-corrected chi connectivity index (χ3v) is 3.99. The van der Waals surface area contributed by atoms with Gasteiger partial charge >= 0.3 is 0 Å². The number of benzene rings is 2. The molecular formula is C23H27N3O2. The van der Waals surface area contributed by atoms with Crippen molar-refractivity contribution in [3.63, 3.8) is 0 Å². The van der Waals surface area contributed by atoms with Crippen LogP contribution in [-0.4, -0.2) is 32.5 Å². The number of carbonyl (C=O) groups is 2. The fourth-order valence-electron chi connectivity index (χ4n) is 2.44. The minimum Gasteiger partial charge on any atom is -0.378 e. The maximum Gasteiger partial charge on any atom is 0.267 e. The van der Waals surface area contributed by atoms with Crippen molar-refractivity contribution in [2.45, 2.75) is 13.3 Å². The summed E-state index contributed by atoms with van der Waals surface area (Å²) >= 11 is 0. The summed E-state index contributed by atoms with van der Waals surface area (Å²) < 4.78 is 0.